The fourth-order valence-electron chi connectivity index (χ4n) is 3.85. The molecule has 26 heavy (non-hydrogen) atoms. The molecule has 0 aliphatic carbocycles. The Morgan fingerprint density at radius 2 is 2.15 bits per heavy atom. The standard InChI is InChI=1S/C19H30N4O2S/c1-13(2)16-6-5-14(3)7-10-22(16)17(24)11-15-12-26-19(21-15)23-9-4-8-20-18(23)25/h12-14,16H,4-11H2,1-3H3,(H,20,25). The van der Waals surface area contributed by atoms with Crippen LogP contribution in [0.25, 0.3) is 0 Å². The smallest absolute Gasteiger partial charge is 0.323 e. The number of hydrogen-bond acceptors (Lipinski definition) is 4. The molecule has 2 saturated heterocycles. The number of likely N-dealkylation sites (tertiary alicyclic amines) is 1. The first-order chi connectivity index (χ1) is 12.5. The van der Waals surface area contributed by atoms with E-state index >= 15 is 0 Å². The molecule has 2 atom stereocenters. The minimum atomic E-state index is -0.0927. The average molecular weight is 379 g/mol. The van der Waals surface area contributed by atoms with Crippen LogP contribution in [-0.2, 0) is 11.2 Å². The molecule has 7 heteroatoms. The summed E-state index contributed by atoms with van der Waals surface area (Å²) in [5.41, 5.74) is 0.771. The highest BCUT2D eigenvalue weighted by molar-refractivity contribution is 7.14. The van der Waals surface area contributed by atoms with Gasteiger partial charge in [-0.05, 0) is 37.5 Å². The number of nitrogens with one attached hydrogen (secondary N) is 1. The molecular weight excluding hydrogens is 348 g/mol. The summed E-state index contributed by atoms with van der Waals surface area (Å²) >= 11 is 1.44. The fraction of sp³-hybridized carbons (Fsp3) is 0.737. The van der Waals surface area contributed by atoms with E-state index in [1.54, 1.807) is 4.90 Å². The molecular formula is C19H30N4O2S. The zero-order chi connectivity index (χ0) is 18.7. The zero-order valence-electron chi connectivity index (χ0n) is 16.0. The van der Waals surface area contributed by atoms with Crippen LogP contribution in [0.4, 0.5) is 9.93 Å². The van der Waals surface area contributed by atoms with Gasteiger partial charge in [0.25, 0.3) is 0 Å². The summed E-state index contributed by atoms with van der Waals surface area (Å²) in [6.07, 6.45) is 4.59. The normalized spacial score (nSPS) is 24.5. The van der Waals surface area contributed by atoms with Crippen molar-refractivity contribution < 1.29 is 9.59 Å². The summed E-state index contributed by atoms with van der Waals surface area (Å²) < 4.78 is 0. The van der Waals surface area contributed by atoms with E-state index in [2.05, 4.69) is 36.0 Å². The Kier molecular flexibility index (Phi) is 6.16. The van der Waals surface area contributed by atoms with Gasteiger partial charge < -0.3 is 10.2 Å². The molecule has 1 N–H and O–H groups in total. The minimum Gasteiger partial charge on any atom is -0.339 e. The molecule has 2 aliphatic heterocycles. The van der Waals surface area contributed by atoms with Gasteiger partial charge >= 0.3 is 6.03 Å². The number of aromatic nitrogens is 1. The number of hydrogen-bond donors (Lipinski definition) is 1. The highest BCUT2D eigenvalue weighted by Crippen LogP contribution is 2.27. The van der Waals surface area contributed by atoms with E-state index in [-0.39, 0.29) is 11.9 Å². The van der Waals surface area contributed by atoms with Crippen molar-refractivity contribution in [2.75, 3.05) is 24.5 Å². The van der Waals surface area contributed by atoms with Gasteiger partial charge in [0.15, 0.2) is 5.13 Å². The Balaban J connectivity index is 1.67. The van der Waals surface area contributed by atoms with Gasteiger partial charge in [-0.3, -0.25) is 9.69 Å². The largest absolute Gasteiger partial charge is 0.339 e. The van der Waals surface area contributed by atoms with Gasteiger partial charge in [0.05, 0.1) is 12.1 Å². The van der Waals surface area contributed by atoms with E-state index in [0.29, 0.717) is 36.0 Å². The Morgan fingerprint density at radius 1 is 1.35 bits per heavy atom. The molecule has 0 saturated carbocycles. The maximum Gasteiger partial charge on any atom is 0.323 e. The summed E-state index contributed by atoms with van der Waals surface area (Å²) in [6, 6.07) is 0.225. The van der Waals surface area contributed by atoms with Gasteiger partial charge in [0, 0.05) is 31.1 Å². The number of carbonyl (C=O) groups is 2. The lowest BCUT2D eigenvalue weighted by molar-refractivity contribution is -0.133. The van der Waals surface area contributed by atoms with Crippen molar-refractivity contribution in [2.24, 2.45) is 11.8 Å². The summed E-state index contributed by atoms with van der Waals surface area (Å²) in [5.74, 6) is 1.31. The lowest BCUT2D eigenvalue weighted by atomic mass is 9.95. The Bertz CT molecular complexity index is 645. The first-order valence-corrected chi connectivity index (χ1v) is 10.6. The predicted octanol–water partition coefficient (Wildman–Crippen LogP) is 3.28. The molecule has 1 aromatic rings. The Morgan fingerprint density at radius 3 is 2.88 bits per heavy atom. The second kappa shape index (κ2) is 8.37. The van der Waals surface area contributed by atoms with Crippen LogP contribution in [0.1, 0.15) is 52.1 Å². The molecule has 0 radical (unpaired) electrons. The van der Waals surface area contributed by atoms with E-state index in [9.17, 15) is 9.59 Å². The number of anilines is 1. The highest BCUT2D eigenvalue weighted by atomic mass is 32.1. The van der Waals surface area contributed by atoms with Crippen molar-refractivity contribution in [1.29, 1.82) is 0 Å². The molecule has 1 aromatic heterocycles. The van der Waals surface area contributed by atoms with E-state index in [1.165, 1.54) is 17.8 Å². The molecule has 3 amide bonds. The Hall–Kier alpha value is -1.63. The van der Waals surface area contributed by atoms with E-state index in [4.69, 9.17) is 0 Å². The molecule has 144 valence electrons. The lowest BCUT2D eigenvalue weighted by Crippen LogP contribution is -2.46. The molecule has 6 nitrogen and oxygen atoms in total. The monoisotopic (exact) mass is 378 g/mol. The number of carbonyl (C=O) groups excluding carboxylic acids is 2. The summed E-state index contributed by atoms with van der Waals surface area (Å²) in [6.45, 7) is 8.94. The third-order valence-corrected chi connectivity index (χ3v) is 6.40. The average Bonchev–Trinajstić information content (AvgIpc) is 2.96. The van der Waals surface area contributed by atoms with Crippen LogP contribution >= 0.6 is 11.3 Å². The number of thiazole rings is 1. The first-order valence-electron chi connectivity index (χ1n) is 9.75. The van der Waals surface area contributed by atoms with Gasteiger partial charge in [-0.25, -0.2) is 9.78 Å². The minimum absolute atomic E-state index is 0.0927. The van der Waals surface area contributed by atoms with Crippen LogP contribution in [0.5, 0.6) is 0 Å². The molecule has 2 aliphatic rings. The Labute approximate surface area is 160 Å². The van der Waals surface area contributed by atoms with Crippen LogP contribution in [0, 0.1) is 11.8 Å². The van der Waals surface area contributed by atoms with Gasteiger partial charge in [-0.2, -0.15) is 0 Å². The summed E-state index contributed by atoms with van der Waals surface area (Å²) in [7, 11) is 0. The topological polar surface area (TPSA) is 65.5 Å². The van der Waals surface area contributed by atoms with Crippen molar-refractivity contribution in [1.82, 2.24) is 15.2 Å². The third kappa shape index (κ3) is 4.37. The molecule has 2 unspecified atom stereocenters. The van der Waals surface area contributed by atoms with Crippen LogP contribution in [0.3, 0.4) is 0 Å². The van der Waals surface area contributed by atoms with E-state index in [0.717, 1.165) is 38.0 Å². The molecule has 3 rings (SSSR count). The fourth-order valence-corrected chi connectivity index (χ4v) is 4.70. The number of nitrogens with zero attached hydrogens (tertiary/aromatic N) is 3. The second-order valence-corrected chi connectivity index (χ2v) is 8.74. The van der Waals surface area contributed by atoms with E-state index in [1.807, 2.05) is 5.38 Å². The lowest BCUT2D eigenvalue weighted by Gasteiger charge is -2.33. The van der Waals surface area contributed by atoms with Crippen molar-refractivity contribution in [3.8, 4) is 0 Å². The maximum atomic E-state index is 13.0. The van der Waals surface area contributed by atoms with Crippen molar-refractivity contribution in [3.63, 3.8) is 0 Å². The van der Waals surface area contributed by atoms with Gasteiger partial charge in [0.1, 0.15) is 0 Å². The van der Waals surface area contributed by atoms with Gasteiger partial charge in [0.2, 0.25) is 5.91 Å². The predicted molar refractivity (Wildman–Crippen MR) is 105 cm³/mol. The van der Waals surface area contributed by atoms with Crippen molar-refractivity contribution in [3.05, 3.63) is 11.1 Å². The quantitative estimate of drug-likeness (QED) is 0.874. The molecule has 0 aromatic carbocycles. The van der Waals surface area contributed by atoms with Crippen LogP contribution in [0.15, 0.2) is 5.38 Å². The molecule has 0 bridgehead atoms. The van der Waals surface area contributed by atoms with Crippen molar-refractivity contribution in [2.45, 2.75) is 58.9 Å². The zero-order valence-corrected chi connectivity index (χ0v) is 16.8. The number of urea groups is 1. The molecule has 2 fully saturated rings. The maximum absolute atomic E-state index is 13.0. The van der Waals surface area contributed by atoms with Crippen molar-refractivity contribution >= 4 is 28.4 Å². The van der Waals surface area contributed by atoms with Gasteiger partial charge in [-0.1, -0.05) is 20.8 Å². The number of amides is 3. The van der Waals surface area contributed by atoms with Gasteiger partial charge in [-0.15, -0.1) is 11.3 Å². The molecule has 0 spiro atoms. The van der Waals surface area contributed by atoms with Crippen LogP contribution < -0.4 is 10.2 Å². The SMILES string of the molecule is CC1CCC(C(C)C)N(C(=O)Cc2csc(N3CCCNC3=O)n2)CC1. The number of rotatable bonds is 4. The summed E-state index contributed by atoms with van der Waals surface area (Å²) in [5, 5.41) is 5.45. The van der Waals surface area contributed by atoms with Crippen LogP contribution in [0.2, 0.25) is 0 Å². The van der Waals surface area contributed by atoms with Crippen LogP contribution in [-0.4, -0.2) is 47.5 Å². The molecule has 3 heterocycles. The third-order valence-electron chi connectivity index (χ3n) is 5.49. The second-order valence-electron chi connectivity index (χ2n) is 7.91. The first kappa shape index (κ1) is 19.1. The van der Waals surface area contributed by atoms with E-state index < -0.39 is 0 Å². The highest BCUT2D eigenvalue weighted by Gasteiger charge is 2.30. The summed E-state index contributed by atoms with van der Waals surface area (Å²) in [4.78, 5) is 33.3.